The van der Waals surface area contributed by atoms with Gasteiger partial charge in [0.1, 0.15) is 5.82 Å². The van der Waals surface area contributed by atoms with E-state index >= 15 is 0 Å². The summed E-state index contributed by atoms with van der Waals surface area (Å²) in [5, 5.41) is 22.3. The molecule has 0 bridgehead atoms. The van der Waals surface area contributed by atoms with E-state index in [0.717, 1.165) is 22.6 Å². The van der Waals surface area contributed by atoms with Gasteiger partial charge in [-0.05, 0) is 25.5 Å². The molecule has 1 amide bonds. The van der Waals surface area contributed by atoms with Gasteiger partial charge in [-0.15, -0.1) is 0 Å². The molecule has 0 radical (unpaired) electrons. The third-order valence-electron chi connectivity index (χ3n) is 5.48. The van der Waals surface area contributed by atoms with Gasteiger partial charge in [-0.3, -0.25) is 14.6 Å². The number of aryl methyl sites for hydroxylation is 3. The first-order valence-electron chi connectivity index (χ1n) is 9.44. The number of aromatic amines is 1. The van der Waals surface area contributed by atoms with Crippen molar-refractivity contribution < 1.29 is 9.90 Å². The first-order chi connectivity index (χ1) is 13.4. The van der Waals surface area contributed by atoms with Crippen LogP contribution in [0, 0.1) is 13.8 Å². The van der Waals surface area contributed by atoms with Crippen molar-refractivity contribution in [3.05, 3.63) is 52.6 Å². The molecule has 0 spiro atoms. The van der Waals surface area contributed by atoms with Crippen LogP contribution in [-0.2, 0) is 31.4 Å². The van der Waals surface area contributed by atoms with Crippen LogP contribution in [0.4, 0.5) is 0 Å². The summed E-state index contributed by atoms with van der Waals surface area (Å²) in [5.74, 6) is 0.659. The van der Waals surface area contributed by atoms with Crippen LogP contribution in [0.15, 0.2) is 18.5 Å². The number of aliphatic hydroxyl groups excluding tert-OH is 1. The number of aliphatic hydroxyl groups is 1. The minimum absolute atomic E-state index is 0.110. The number of carbonyl (C=O) groups excluding carboxylic acids is 1. The van der Waals surface area contributed by atoms with E-state index in [4.69, 9.17) is 0 Å². The molecule has 0 aliphatic carbocycles. The summed E-state index contributed by atoms with van der Waals surface area (Å²) in [6.07, 6.45) is 3.62. The molecule has 9 heteroatoms. The lowest BCUT2D eigenvalue weighted by Gasteiger charge is -2.27. The third kappa shape index (κ3) is 3.33. The van der Waals surface area contributed by atoms with Crippen LogP contribution in [0.5, 0.6) is 0 Å². The average Bonchev–Trinajstić information content (AvgIpc) is 3.38. The number of rotatable bonds is 5. The second-order valence-electron chi connectivity index (χ2n) is 7.32. The molecule has 1 aliphatic rings. The second-order valence-corrected chi connectivity index (χ2v) is 7.32. The van der Waals surface area contributed by atoms with Crippen LogP contribution in [-0.4, -0.2) is 52.0 Å². The first-order valence-corrected chi connectivity index (χ1v) is 9.44. The Morgan fingerprint density at radius 1 is 1.36 bits per heavy atom. The lowest BCUT2D eigenvalue weighted by Crippen LogP contribution is -2.38. The first kappa shape index (κ1) is 18.4. The van der Waals surface area contributed by atoms with Crippen LogP contribution in [0.2, 0.25) is 0 Å². The van der Waals surface area contributed by atoms with E-state index in [1.807, 2.05) is 36.5 Å². The van der Waals surface area contributed by atoms with E-state index in [0.29, 0.717) is 44.0 Å². The zero-order valence-corrected chi connectivity index (χ0v) is 16.4. The quantitative estimate of drug-likeness (QED) is 0.684. The third-order valence-corrected chi connectivity index (χ3v) is 5.48. The van der Waals surface area contributed by atoms with E-state index in [9.17, 15) is 9.90 Å². The molecular weight excluding hydrogens is 358 g/mol. The highest BCUT2D eigenvalue weighted by Crippen LogP contribution is 2.23. The van der Waals surface area contributed by atoms with E-state index in [-0.39, 0.29) is 5.91 Å². The van der Waals surface area contributed by atoms with Gasteiger partial charge in [-0.25, -0.2) is 4.98 Å². The molecule has 3 aromatic heterocycles. The van der Waals surface area contributed by atoms with Gasteiger partial charge >= 0.3 is 0 Å². The number of nitrogens with zero attached hydrogens (tertiary/aromatic N) is 6. The van der Waals surface area contributed by atoms with Gasteiger partial charge < -0.3 is 14.6 Å². The Hall–Kier alpha value is -2.94. The molecule has 4 heterocycles. The van der Waals surface area contributed by atoms with Gasteiger partial charge in [0.25, 0.3) is 0 Å². The summed E-state index contributed by atoms with van der Waals surface area (Å²) in [6.45, 7) is 5.74. The highest BCUT2D eigenvalue weighted by Gasteiger charge is 2.25. The predicted octanol–water partition coefficient (Wildman–Crippen LogP) is 1.01. The van der Waals surface area contributed by atoms with Gasteiger partial charge in [-0.2, -0.15) is 10.2 Å². The average molecular weight is 383 g/mol. The van der Waals surface area contributed by atoms with Crippen molar-refractivity contribution in [3.63, 3.8) is 0 Å². The molecule has 0 unspecified atom stereocenters. The molecular formula is C19H25N7O2. The Morgan fingerprint density at radius 3 is 2.86 bits per heavy atom. The number of hydrogen-bond donors (Lipinski definition) is 2. The van der Waals surface area contributed by atoms with Crippen molar-refractivity contribution in [1.29, 1.82) is 0 Å². The molecule has 4 rings (SSSR count). The number of carbonyl (C=O) groups is 1. The van der Waals surface area contributed by atoms with Crippen molar-refractivity contribution in [3.8, 4) is 0 Å². The Kier molecular flexibility index (Phi) is 4.76. The minimum Gasteiger partial charge on any atom is -0.379 e. The predicted molar refractivity (Wildman–Crippen MR) is 101 cm³/mol. The van der Waals surface area contributed by atoms with Crippen molar-refractivity contribution >= 4 is 5.91 Å². The molecule has 2 N–H and O–H groups in total. The SMILES string of the molecule is Cc1[nH]nc(CCC(=O)N2CCn3nc([C@@H](O)c4nccn4C)cc3C2)c1C. The molecule has 1 atom stereocenters. The molecule has 1 aliphatic heterocycles. The summed E-state index contributed by atoms with van der Waals surface area (Å²) in [6, 6.07) is 1.86. The number of imidazole rings is 1. The molecule has 0 aromatic carbocycles. The zero-order valence-electron chi connectivity index (χ0n) is 16.4. The van der Waals surface area contributed by atoms with E-state index < -0.39 is 6.10 Å². The van der Waals surface area contributed by atoms with Crippen LogP contribution in [0.1, 0.15) is 46.7 Å². The summed E-state index contributed by atoms with van der Waals surface area (Å²) in [5.41, 5.74) is 4.60. The fourth-order valence-electron chi connectivity index (χ4n) is 3.57. The maximum absolute atomic E-state index is 12.7. The molecule has 0 fully saturated rings. The highest BCUT2D eigenvalue weighted by molar-refractivity contribution is 5.76. The summed E-state index contributed by atoms with van der Waals surface area (Å²) >= 11 is 0. The van der Waals surface area contributed by atoms with Gasteiger partial charge in [0, 0.05) is 44.5 Å². The largest absolute Gasteiger partial charge is 0.379 e. The van der Waals surface area contributed by atoms with Crippen molar-refractivity contribution in [2.45, 2.75) is 45.9 Å². The molecule has 148 valence electrons. The van der Waals surface area contributed by atoms with Crippen LogP contribution in [0.3, 0.4) is 0 Å². The Balaban J connectivity index is 1.42. The monoisotopic (exact) mass is 383 g/mol. The number of hydrogen-bond acceptors (Lipinski definition) is 5. The fraction of sp³-hybridized carbons (Fsp3) is 0.474. The number of fused-ring (bicyclic) bond motifs is 1. The van der Waals surface area contributed by atoms with E-state index in [1.54, 1.807) is 17.0 Å². The fourth-order valence-corrected chi connectivity index (χ4v) is 3.57. The maximum Gasteiger partial charge on any atom is 0.223 e. The molecule has 3 aromatic rings. The minimum atomic E-state index is -0.881. The number of nitrogens with one attached hydrogen (secondary N) is 1. The maximum atomic E-state index is 12.7. The van der Waals surface area contributed by atoms with Gasteiger partial charge in [0.05, 0.1) is 30.2 Å². The van der Waals surface area contributed by atoms with E-state index in [1.165, 1.54) is 0 Å². The zero-order chi connectivity index (χ0) is 19.8. The second kappa shape index (κ2) is 7.23. The number of amides is 1. The summed E-state index contributed by atoms with van der Waals surface area (Å²) < 4.78 is 3.64. The molecule has 9 nitrogen and oxygen atoms in total. The van der Waals surface area contributed by atoms with Gasteiger partial charge in [-0.1, -0.05) is 0 Å². The lowest BCUT2D eigenvalue weighted by atomic mass is 10.1. The molecule has 0 saturated carbocycles. The van der Waals surface area contributed by atoms with Crippen LogP contribution >= 0.6 is 0 Å². The van der Waals surface area contributed by atoms with Gasteiger partial charge in [0.15, 0.2) is 6.10 Å². The standard InChI is InChI=1S/C19H25N7O2/c1-12-13(2)21-22-15(12)4-5-17(27)25-8-9-26-14(11-25)10-16(23-26)18(28)19-20-6-7-24(19)3/h6-7,10,18,28H,4-5,8-9,11H2,1-3H3,(H,21,22)/t18-/m1/s1. The van der Waals surface area contributed by atoms with Crippen molar-refractivity contribution in [2.24, 2.45) is 7.05 Å². The smallest absolute Gasteiger partial charge is 0.223 e. The highest BCUT2D eigenvalue weighted by atomic mass is 16.3. The normalized spacial score (nSPS) is 14.9. The molecule has 0 saturated heterocycles. The molecule has 28 heavy (non-hydrogen) atoms. The number of aromatic nitrogens is 6. The van der Waals surface area contributed by atoms with Gasteiger partial charge in [0.2, 0.25) is 5.91 Å². The Morgan fingerprint density at radius 2 is 2.18 bits per heavy atom. The Bertz CT molecular complexity index is 1000. The lowest BCUT2D eigenvalue weighted by molar-refractivity contribution is -0.132. The Labute approximate surface area is 163 Å². The van der Waals surface area contributed by atoms with Crippen molar-refractivity contribution in [2.75, 3.05) is 6.54 Å². The van der Waals surface area contributed by atoms with Crippen molar-refractivity contribution in [1.82, 2.24) is 34.4 Å². The summed E-state index contributed by atoms with van der Waals surface area (Å²) in [7, 11) is 1.84. The van der Waals surface area contributed by atoms with E-state index in [2.05, 4.69) is 20.3 Å². The summed E-state index contributed by atoms with van der Waals surface area (Å²) in [4.78, 5) is 18.7. The van der Waals surface area contributed by atoms with Crippen LogP contribution in [0.25, 0.3) is 0 Å². The van der Waals surface area contributed by atoms with Crippen LogP contribution < -0.4 is 0 Å². The topological polar surface area (TPSA) is 105 Å². The number of H-pyrrole nitrogens is 1.